The number of hydrogen-bond acceptors (Lipinski definition) is 5. The zero-order valence-corrected chi connectivity index (χ0v) is 6.93. The SMILES string of the molecule is Cn1c(=O)nc(N)c2nccnc21. The summed E-state index contributed by atoms with van der Waals surface area (Å²) in [5, 5.41) is 0. The van der Waals surface area contributed by atoms with Crippen LogP contribution in [0.4, 0.5) is 5.82 Å². The summed E-state index contributed by atoms with van der Waals surface area (Å²) >= 11 is 0. The van der Waals surface area contributed by atoms with Crippen LogP contribution in [-0.2, 0) is 7.05 Å². The summed E-state index contributed by atoms with van der Waals surface area (Å²) in [6, 6.07) is 0. The van der Waals surface area contributed by atoms with Gasteiger partial charge in [0.05, 0.1) is 0 Å². The topological polar surface area (TPSA) is 86.7 Å². The Kier molecular flexibility index (Phi) is 1.48. The fraction of sp³-hybridized carbons (Fsp3) is 0.143. The van der Waals surface area contributed by atoms with Crippen molar-refractivity contribution < 1.29 is 0 Å². The van der Waals surface area contributed by atoms with Crippen molar-refractivity contribution in [3.8, 4) is 0 Å². The molecule has 66 valence electrons. The lowest BCUT2D eigenvalue weighted by Gasteiger charge is -2.02. The minimum atomic E-state index is -0.425. The van der Waals surface area contributed by atoms with E-state index in [-0.39, 0.29) is 5.82 Å². The van der Waals surface area contributed by atoms with Gasteiger partial charge >= 0.3 is 5.69 Å². The van der Waals surface area contributed by atoms with Crippen LogP contribution in [0.3, 0.4) is 0 Å². The Balaban J connectivity index is 3.06. The van der Waals surface area contributed by atoms with Crippen LogP contribution in [0.2, 0.25) is 0 Å². The average molecular weight is 177 g/mol. The molecule has 0 aliphatic heterocycles. The van der Waals surface area contributed by atoms with E-state index in [0.29, 0.717) is 11.2 Å². The maximum absolute atomic E-state index is 11.2. The molecule has 0 atom stereocenters. The van der Waals surface area contributed by atoms with Crippen LogP contribution < -0.4 is 11.4 Å². The molecule has 0 unspecified atom stereocenters. The summed E-state index contributed by atoms with van der Waals surface area (Å²) in [5.41, 5.74) is 5.97. The summed E-state index contributed by atoms with van der Waals surface area (Å²) in [5.74, 6) is 0.117. The van der Waals surface area contributed by atoms with E-state index in [0.717, 1.165) is 0 Å². The highest BCUT2D eigenvalue weighted by Crippen LogP contribution is 2.08. The van der Waals surface area contributed by atoms with Crippen molar-refractivity contribution in [1.82, 2.24) is 19.5 Å². The Morgan fingerprint density at radius 2 is 2.08 bits per heavy atom. The predicted octanol–water partition coefficient (Wildman–Crippen LogP) is -0.694. The molecule has 0 saturated heterocycles. The highest BCUT2D eigenvalue weighted by Gasteiger charge is 2.05. The Hall–Kier alpha value is -1.98. The van der Waals surface area contributed by atoms with Gasteiger partial charge in [-0.15, -0.1) is 0 Å². The highest BCUT2D eigenvalue weighted by atomic mass is 16.1. The molecular formula is C7H7N5O. The molecule has 0 radical (unpaired) electrons. The van der Waals surface area contributed by atoms with E-state index in [2.05, 4.69) is 15.0 Å². The molecule has 0 bridgehead atoms. The molecule has 2 heterocycles. The molecule has 0 aromatic carbocycles. The zero-order chi connectivity index (χ0) is 9.42. The molecule has 6 heteroatoms. The van der Waals surface area contributed by atoms with Crippen LogP contribution in [-0.4, -0.2) is 19.5 Å². The summed E-state index contributed by atoms with van der Waals surface area (Å²) in [6.07, 6.45) is 3.01. The fourth-order valence-corrected chi connectivity index (χ4v) is 1.08. The lowest BCUT2D eigenvalue weighted by molar-refractivity contribution is 0.837. The number of rotatable bonds is 0. The van der Waals surface area contributed by atoms with Gasteiger partial charge in [0.15, 0.2) is 11.5 Å². The fourth-order valence-electron chi connectivity index (χ4n) is 1.08. The van der Waals surface area contributed by atoms with Gasteiger partial charge in [-0.25, -0.2) is 14.8 Å². The van der Waals surface area contributed by atoms with Gasteiger partial charge < -0.3 is 5.73 Å². The van der Waals surface area contributed by atoms with Gasteiger partial charge in [-0.1, -0.05) is 0 Å². The Bertz CT molecular complexity index is 518. The number of hydrogen-bond donors (Lipinski definition) is 1. The molecule has 0 fully saturated rings. The molecule has 2 N–H and O–H groups in total. The molecule has 0 aliphatic carbocycles. The lowest BCUT2D eigenvalue weighted by Crippen LogP contribution is -2.22. The third-order valence-corrected chi connectivity index (χ3v) is 1.74. The number of nitrogen functional groups attached to an aromatic ring is 1. The Labute approximate surface area is 73.1 Å². The van der Waals surface area contributed by atoms with Crippen molar-refractivity contribution in [1.29, 1.82) is 0 Å². The molecule has 13 heavy (non-hydrogen) atoms. The Morgan fingerprint density at radius 1 is 1.38 bits per heavy atom. The summed E-state index contributed by atoms with van der Waals surface area (Å²) in [6.45, 7) is 0. The number of fused-ring (bicyclic) bond motifs is 1. The predicted molar refractivity (Wildman–Crippen MR) is 47.0 cm³/mol. The van der Waals surface area contributed by atoms with Gasteiger partial charge in [0.1, 0.15) is 5.52 Å². The van der Waals surface area contributed by atoms with Crippen molar-refractivity contribution in [2.75, 3.05) is 5.73 Å². The minimum Gasteiger partial charge on any atom is -0.382 e. The number of aromatic nitrogens is 4. The largest absolute Gasteiger partial charge is 0.382 e. The number of anilines is 1. The van der Waals surface area contributed by atoms with E-state index in [4.69, 9.17) is 5.73 Å². The van der Waals surface area contributed by atoms with Gasteiger partial charge in [0.2, 0.25) is 0 Å². The van der Waals surface area contributed by atoms with E-state index >= 15 is 0 Å². The van der Waals surface area contributed by atoms with Crippen molar-refractivity contribution in [2.45, 2.75) is 0 Å². The number of aryl methyl sites for hydroxylation is 1. The third kappa shape index (κ3) is 1.03. The summed E-state index contributed by atoms with van der Waals surface area (Å²) in [7, 11) is 1.58. The van der Waals surface area contributed by atoms with Crippen molar-refractivity contribution in [2.24, 2.45) is 7.05 Å². The first kappa shape index (κ1) is 7.66. The van der Waals surface area contributed by atoms with Crippen LogP contribution in [0.5, 0.6) is 0 Å². The molecule has 0 aliphatic rings. The molecule has 6 nitrogen and oxygen atoms in total. The van der Waals surface area contributed by atoms with Crippen LogP contribution in [0.1, 0.15) is 0 Å². The zero-order valence-electron chi connectivity index (χ0n) is 6.93. The second kappa shape index (κ2) is 2.51. The normalized spacial score (nSPS) is 10.5. The van der Waals surface area contributed by atoms with E-state index in [1.807, 2.05) is 0 Å². The second-order valence-corrected chi connectivity index (χ2v) is 2.57. The standard InChI is InChI=1S/C7H7N5O/c1-12-6-4(9-2-3-10-6)5(8)11-7(12)13/h2-3H,1H3,(H2,8,11,13). The quantitative estimate of drug-likeness (QED) is 0.575. The molecular weight excluding hydrogens is 170 g/mol. The van der Waals surface area contributed by atoms with Crippen molar-refractivity contribution >= 4 is 17.0 Å². The Morgan fingerprint density at radius 3 is 2.85 bits per heavy atom. The monoisotopic (exact) mass is 177 g/mol. The number of nitrogens with two attached hydrogens (primary N) is 1. The minimum absolute atomic E-state index is 0.117. The lowest BCUT2D eigenvalue weighted by atomic mass is 10.4. The van der Waals surface area contributed by atoms with E-state index < -0.39 is 5.69 Å². The molecule has 0 saturated carbocycles. The van der Waals surface area contributed by atoms with Crippen LogP contribution in [0, 0.1) is 0 Å². The summed E-state index contributed by atoms with van der Waals surface area (Å²) in [4.78, 5) is 22.7. The van der Waals surface area contributed by atoms with E-state index in [1.165, 1.54) is 17.0 Å². The second-order valence-electron chi connectivity index (χ2n) is 2.57. The molecule has 0 spiro atoms. The molecule has 2 rings (SSSR count). The van der Waals surface area contributed by atoms with Gasteiger partial charge in [0, 0.05) is 19.4 Å². The average Bonchev–Trinajstić information content (AvgIpc) is 2.15. The first-order valence-electron chi connectivity index (χ1n) is 3.63. The van der Waals surface area contributed by atoms with Gasteiger partial charge in [-0.05, 0) is 0 Å². The van der Waals surface area contributed by atoms with Crippen LogP contribution in [0.15, 0.2) is 17.2 Å². The van der Waals surface area contributed by atoms with Gasteiger partial charge in [-0.2, -0.15) is 4.98 Å². The summed E-state index contributed by atoms with van der Waals surface area (Å²) < 4.78 is 1.30. The molecule has 0 amide bonds. The van der Waals surface area contributed by atoms with Crippen molar-refractivity contribution in [3.05, 3.63) is 22.9 Å². The first-order valence-corrected chi connectivity index (χ1v) is 3.63. The van der Waals surface area contributed by atoms with Gasteiger partial charge in [-0.3, -0.25) is 4.57 Å². The number of nitrogens with zero attached hydrogens (tertiary/aromatic N) is 4. The highest BCUT2D eigenvalue weighted by molar-refractivity contribution is 5.80. The van der Waals surface area contributed by atoms with Gasteiger partial charge in [0.25, 0.3) is 0 Å². The maximum Gasteiger partial charge on any atom is 0.351 e. The molecule has 2 aromatic rings. The smallest absolute Gasteiger partial charge is 0.351 e. The first-order chi connectivity index (χ1) is 6.20. The van der Waals surface area contributed by atoms with Crippen LogP contribution in [0.25, 0.3) is 11.2 Å². The third-order valence-electron chi connectivity index (χ3n) is 1.74. The maximum atomic E-state index is 11.2. The van der Waals surface area contributed by atoms with Crippen molar-refractivity contribution in [3.63, 3.8) is 0 Å². The van der Waals surface area contributed by atoms with E-state index in [1.54, 1.807) is 7.05 Å². The molecule has 2 aromatic heterocycles. The van der Waals surface area contributed by atoms with Crippen LogP contribution >= 0.6 is 0 Å². The van der Waals surface area contributed by atoms with E-state index in [9.17, 15) is 4.79 Å².